The van der Waals surface area contributed by atoms with Crippen LogP contribution in [0.4, 0.5) is 10.1 Å². The lowest BCUT2D eigenvalue weighted by atomic mass is 9.80. The van der Waals surface area contributed by atoms with Crippen molar-refractivity contribution in [2.45, 2.75) is 44.1 Å². The van der Waals surface area contributed by atoms with E-state index in [1.54, 1.807) is 6.07 Å². The maximum Gasteiger partial charge on any atom is 0.226 e. The van der Waals surface area contributed by atoms with E-state index in [2.05, 4.69) is 5.32 Å². The van der Waals surface area contributed by atoms with E-state index < -0.39 is 11.4 Å². The molecule has 0 aliphatic heterocycles. The molecule has 1 amide bonds. The number of carbonyl (C=O) groups is 1. The minimum absolute atomic E-state index is 0.158. The standard InChI is InChI=1S/C15H21FN2O2/c1-20-13-6-5-11(9-12(13)16)18-14(19)10-15(17)7-3-2-4-8-15/h5-6,9H,2-4,7-8,10,17H2,1H3,(H,18,19). The molecule has 5 heteroatoms. The number of nitrogens with one attached hydrogen (secondary N) is 1. The van der Waals surface area contributed by atoms with E-state index in [0.717, 1.165) is 25.7 Å². The normalized spacial score (nSPS) is 17.6. The zero-order chi connectivity index (χ0) is 14.6. The highest BCUT2D eigenvalue weighted by atomic mass is 19.1. The van der Waals surface area contributed by atoms with Gasteiger partial charge in [-0.05, 0) is 25.0 Å². The second-order valence-electron chi connectivity index (χ2n) is 5.50. The van der Waals surface area contributed by atoms with Crippen molar-refractivity contribution in [3.63, 3.8) is 0 Å². The monoisotopic (exact) mass is 280 g/mol. The van der Waals surface area contributed by atoms with Gasteiger partial charge in [-0.15, -0.1) is 0 Å². The second kappa shape index (κ2) is 6.22. The van der Waals surface area contributed by atoms with Gasteiger partial charge in [-0.25, -0.2) is 4.39 Å². The molecule has 3 N–H and O–H groups in total. The largest absolute Gasteiger partial charge is 0.494 e. The molecule has 110 valence electrons. The van der Waals surface area contributed by atoms with Gasteiger partial charge in [0.25, 0.3) is 0 Å². The van der Waals surface area contributed by atoms with Crippen LogP contribution in [0.3, 0.4) is 0 Å². The summed E-state index contributed by atoms with van der Waals surface area (Å²) in [6.07, 6.45) is 5.35. The molecule has 0 unspecified atom stereocenters. The van der Waals surface area contributed by atoms with Gasteiger partial charge in [-0.2, -0.15) is 0 Å². The zero-order valence-corrected chi connectivity index (χ0v) is 11.7. The molecule has 1 aromatic carbocycles. The van der Waals surface area contributed by atoms with Crippen molar-refractivity contribution in [2.75, 3.05) is 12.4 Å². The number of halogens is 1. The molecule has 0 radical (unpaired) electrons. The van der Waals surface area contributed by atoms with Gasteiger partial charge < -0.3 is 15.8 Å². The van der Waals surface area contributed by atoms with Crippen molar-refractivity contribution in [2.24, 2.45) is 5.73 Å². The van der Waals surface area contributed by atoms with Crippen LogP contribution in [0.1, 0.15) is 38.5 Å². The smallest absolute Gasteiger partial charge is 0.226 e. The third-order valence-electron chi connectivity index (χ3n) is 3.80. The third-order valence-corrected chi connectivity index (χ3v) is 3.80. The Balaban J connectivity index is 1.95. The molecular formula is C15H21FN2O2. The lowest BCUT2D eigenvalue weighted by molar-refractivity contribution is -0.117. The number of rotatable bonds is 4. The first-order chi connectivity index (χ1) is 9.52. The van der Waals surface area contributed by atoms with Gasteiger partial charge in [0.15, 0.2) is 11.6 Å². The average Bonchev–Trinajstić information content (AvgIpc) is 2.39. The number of hydrogen-bond acceptors (Lipinski definition) is 3. The molecule has 0 heterocycles. The van der Waals surface area contributed by atoms with Crippen LogP contribution in [0.2, 0.25) is 0 Å². The number of hydrogen-bond donors (Lipinski definition) is 2. The van der Waals surface area contributed by atoms with Crippen LogP contribution in [-0.2, 0) is 4.79 Å². The summed E-state index contributed by atoms with van der Waals surface area (Å²) < 4.78 is 18.4. The highest BCUT2D eigenvalue weighted by molar-refractivity contribution is 5.91. The van der Waals surface area contributed by atoms with Crippen molar-refractivity contribution in [3.8, 4) is 5.75 Å². The Bertz CT molecular complexity index is 485. The average molecular weight is 280 g/mol. The quantitative estimate of drug-likeness (QED) is 0.891. The van der Waals surface area contributed by atoms with Crippen LogP contribution in [0, 0.1) is 5.82 Å². The van der Waals surface area contributed by atoms with Gasteiger partial charge in [-0.3, -0.25) is 4.79 Å². The summed E-state index contributed by atoms with van der Waals surface area (Å²) in [4.78, 5) is 12.0. The van der Waals surface area contributed by atoms with E-state index in [1.165, 1.54) is 25.7 Å². The first-order valence-corrected chi connectivity index (χ1v) is 6.95. The van der Waals surface area contributed by atoms with E-state index in [4.69, 9.17) is 10.5 Å². The summed E-state index contributed by atoms with van der Waals surface area (Å²) in [6, 6.07) is 4.36. The van der Waals surface area contributed by atoms with E-state index >= 15 is 0 Å². The number of benzene rings is 1. The van der Waals surface area contributed by atoms with Crippen LogP contribution in [0.25, 0.3) is 0 Å². The number of amides is 1. The zero-order valence-electron chi connectivity index (χ0n) is 11.7. The van der Waals surface area contributed by atoms with E-state index in [9.17, 15) is 9.18 Å². The topological polar surface area (TPSA) is 64.3 Å². The number of nitrogens with two attached hydrogens (primary N) is 1. The van der Waals surface area contributed by atoms with E-state index in [-0.39, 0.29) is 18.1 Å². The van der Waals surface area contributed by atoms with Crippen LogP contribution >= 0.6 is 0 Å². The van der Waals surface area contributed by atoms with Crippen molar-refractivity contribution in [3.05, 3.63) is 24.0 Å². The van der Waals surface area contributed by atoms with E-state index in [1.807, 2.05) is 0 Å². The maximum absolute atomic E-state index is 13.5. The predicted octanol–water partition coefficient (Wildman–Crippen LogP) is 2.82. The molecule has 2 rings (SSSR count). The number of methoxy groups -OCH3 is 1. The molecule has 4 nitrogen and oxygen atoms in total. The molecule has 1 saturated carbocycles. The molecule has 20 heavy (non-hydrogen) atoms. The van der Waals surface area contributed by atoms with Crippen molar-refractivity contribution in [1.82, 2.24) is 0 Å². The molecule has 0 atom stereocenters. The Morgan fingerprint density at radius 1 is 1.40 bits per heavy atom. The first kappa shape index (κ1) is 14.8. The van der Waals surface area contributed by atoms with Crippen LogP contribution in [0.5, 0.6) is 5.75 Å². The molecule has 1 aliphatic carbocycles. The molecule has 0 saturated heterocycles. The van der Waals surface area contributed by atoms with Gasteiger partial charge in [-0.1, -0.05) is 19.3 Å². The Morgan fingerprint density at radius 3 is 2.70 bits per heavy atom. The summed E-state index contributed by atoms with van der Waals surface area (Å²) in [7, 11) is 1.40. The summed E-state index contributed by atoms with van der Waals surface area (Å²) in [6.45, 7) is 0. The predicted molar refractivity (Wildman–Crippen MR) is 76.2 cm³/mol. The summed E-state index contributed by atoms with van der Waals surface area (Å²) >= 11 is 0. The molecule has 1 aromatic rings. The Labute approximate surface area is 118 Å². The van der Waals surface area contributed by atoms with Crippen molar-refractivity contribution < 1.29 is 13.9 Å². The highest BCUT2D eigenvalue weighted by Crippen LogP contribution is 2.29. The maximum atomic E-state index is 13.5. The number of ether oxygens (including phenoxy) is 1. The van der Waals surface area contributed by atoms with Gasteiger partial charge >= 0.3 is 0 Å². The third kappa shape index (κ3) is 3.70. The summed E-state index contributed by atoms with van der Waals surface area (Å²) in [5.74, 6) is -0.505. The van der Waals surface area contributed by atoms with Gasteiger partial charge in [0.1, 0.15) is 0 Å². The minimum atomic E-state index is -0.495. The van der Waals surface area contributed by atoms with Crippen LogP contribution in [0.15, 0.2) is 18.2 Å². The van der Waals surface area contributed by atoms with Crippen molar-refractivity contribution in [1.29, 1.82) is 0 Å². The fourth-order valence-corrected chi connectivity index (χ4v) is 2.70. The number of anilines is 1. The summed E-state index contributed by atoms with van der Waals surface area (Å²) in [5, 5.41) is 2.69. The Hall–Kier alpha value is -1.62. The Kier molecular flexibility index (Phi) is 4.60. The lowest BCUT2D eigenvalue weighted by Crippen LogP contribution is -2.44. The van der Waals surface area contributed by atoms with E-state index in [0.29, 0.717) is 5.69 Å². The molecule has 0 bridgehead atoms. The number of carbonyl (C=O) groups excluding carboxylic acids is 1. The lowest BCUT2D eigenvalue weighted by Gasteiger charge is -2.32. The molecule has 1 fully saturated rings. The fraction of sp³-hybridized carbons (Fsp3) is 0.533. The molecule has 0 spiro atoms. The van der Waals surface area contributed by atoms with Crippen LogP contribution in [-0.4, -0.2) is 18.6 Å². The molecule has 0 aromatic heterocycles. The second-order valence-corrected chi connectivity index (χ2v) is 5.50. The van der Waals surface area contributed by atoms with Gasteiger partial charge in [0.2, 0.25) is 5.91 Å². The fourth-order valence-electron chi connectivity index (χ4n) is 2.70. The van der Waals surface area contributed by atoms with Crippen LogP contribution < -0.4 is 15.8 Å². The minimum Gasteiger partial charge on any atom is -0.494 e. The SMILES string of the molecule is COc1ccc(NC(=O)CC2(N)CCCCC2)cc1F. The van der Waals surface area contributed by atoms with Gasteiger partial charge in [0, 0.05) is 23.7 Å². The van der Waals surface area contributed by atoms with Gasteiger partial charge in [0.05, 0.1) is 7.11 Å². The molecule has 1 aliphatic rings. The summed E-state index contributed by atoms with van der Waals surface area (Å²) in [5.41, 5.74) is 6.25. The Morgan fingerprint density at radius 2 is 2.10 bits per heavy atom. The first-order valence-electron chi connectivity index (χ1n) is 6.95. The van der Waals surface area contributed by atoms with Crippen molar-refractivity contribution >= 4 is 11.6 Å². The molecular weight excluding hydrogens is 259 g/mol. The highest BCUT2D eigenvalue weighted by Gasteiger charge is 2.29.